The van der Waals surface area contributed by atoms with E-state index in [0.717, 1.165) is 9.65 Å². The first-order chi connectivity index (χ1) is 14.8. The number of hydrogen-bond acceptors (Lipinski definition) is 6. The van der Waals surface area contributed by atoms with Crippen LogP contribution in [-0.4, -0.2) is 29.1 Å². The first-order valence-electron chi connectivity index (χ1n) is 9.58. The molecule has 0 unspecified atom stereocenters. The molecule has 0 radical (unpaired) electrons. The Morgan fingerprint density at radius 2 is 2.00 bits per heavy atom. The van der Waals surface area contributed by atoms with Gasteiger partial charge in [0.05, 0.1) is 0 Å². The minimum atomic E-state index is -1.01. The highest BCUT2D eigenvalue weighted by molar-refractivity contribution is 14.1. The lowest BCUT2D eigenvalue weighted by Crippen LogP contribution is -2.22. The molecule has 1 aliphatic rings. The van der Waals surface area contributed by atoms with Crippen LogP contribution in [0.15, 0.2) is 48.6 Å². The van der Waals surface area contributed by atoms with Crippen molar-refractivity contribution in [3.63, 3.8) is 0 Å². The van der Waals surface area contributed by atoms with Gasteiger partial charge in [0.1, 0.15) is 11.9 Å². The zero-order chi connectivity index (χ0) is 22.4. The number of aromatic hydroxyl groups is 1. The maximum atomic E-state index is 12.6. The normalized spacial score (nSPS) is 14.3. The molecule has 3 rings (SSSR count). The maximum absolute atomic E-state index is 12.6. The third-order valence-corrected chi connectivity index (χ3v) is 5.39. The fraction of sp³-hybridized carbons (Fsp3) is 0.273. The Kier molecular flexibility index (Phi) is 7.61. The fourth-order valence-electron chi connectivity index (χ4n) is 3.17. The van der Waals surface area contributed by atoms with Gasteiger partial charge < -0.3 is 24.4 Å². The zero-order valence-corrected chi connectivity index (χ0v) is 18.9. The van der Waals surface area contributed by atoms with Crippen LogP contribution >= 0.6 is 22.6 Å². The number of ether oxygens (including phenoxy) is 3. The molecule has 1 aliphatic heterocycles. The van der Waals surface area contributed by atoms with Gasteiger partial charge >= 0.3 is 12.1 Å². The van der Waals surface area contributed by atoms with Crippen molar-refractivity contribution < 1.29 is 34.0 Å². The summed E-state index contributed by atoms with van der Waals surface area (Å²) in [6.45, 7) is 2.01. The lowest BCUT2D eigenvalue weighted by molar-refractivity contribution is -0.131. The number of aliphatic carboxylic acids is 1. The van der Waals surface area contributed by atoms with Crippen molar-refractivity contribution in [2.75, 3.05) is 12.1 Å². The van der Waals surface area contributed by atoms with E-state index in [1.54, 1.807) is 42.5 Å². The average molecular weight is 539 g/mol. The molecule has 2 aromatic rings. The highest BCUT2D eigenvalue weighted by Crippen LogP contribution is 2.37. The quantitative estimate of drug-likeness (QED) is 0.317. The van der Waals surface area contributed by atoms with E-state index in [4.69, 9.17) is 19.3 Å². The fourth-order valence-corrected chi connectivity index (χ4v) is 3.69. The summed E-state index contributed by atoms with van der Waals surface area (Å²) in [6.07, 6.45) is 2.25. The van der Waals surface area contributed by atoms with Crippen molar-refractivity contribution in [3.05, 3.63) is 57.7 Å². The largest absolute Gasteiger partial charge is 0.508 e. The number of phenolic OH excluding ortho intramolecular Hbond substituents is 1. The molecule has 0 aliphatic carbocycles. The summed E-state index contributed by atoms with van der Waals surface area (Å²) in [5.41, 5.74) is 0.972. The number of rotatable bonds is 8. The molecule has 0 saturated carbocycles. The lowest BCUT2D eigenvalue weighted by Gasteiger charge is -2.25. The number of halogens is 1. The first-order valence-corrected chi connectivity index (χ1v) is 10.7. The van der Waals surface area contributed by atoms with Gasteiger partial charge in [-0.3, -0.25) is 5.32 Å². The lowest BCUT2D eigenvalue weighted by atomic mass is 9.92. The second kappa shape index (κ2) is 10.4. The Hall–Kier alpha value is -2.95. The molecule has 0 aromatic heterocycles. The van der Waals surface area contributed by atoms with Gasteiger partial charge in [0, 0.05) is 27.0 Å². The molecule has 0 saturated heterocycles. The molecule has 9 heteroatoms. The van der Waals surface area contributed by atoms with Gasteiger partial charge in [0.25, 0.3) is 0 Å². The zero-order valence-electron chi connectivity index (χ0n) is 16.7. The molecule has 2 aromatic carbocycles. The van der Waals surface area contributed by atoms with Gasteiger partial charge in [0.2, 0.25) is 6.79 Å². The molecule has 31 heavy (non-hydrogen) atoms. The van der Waals surface area contributed by atoms with Crippen molar-refractivity contribution >= 4 is 40.3 Å². The van der Waals surface area contributed by atoms with E-state index in [1.807, 2.05) is 6.92 Å². The Balaban J connectivity index is 1.74. The molecule has 1 heterocycles. The molecule has 0 spiro atoms. The van der Waals surface area contributed by atoms with Gasteiger partial charge in [-0.25, -0.2) is 9.59 Å². The number of allylic oxidation sites excluding steroid dienone is 1. The van der Waals surface area contributed by atoms with Crippen molar-refractivity contribution in [1.82, 2.24) is 0 Å². The molecule has 0 bridgehead atoms. The van der Waals surface area contributed by atoms with Crippen molar-refractivity contribution in [2.24, 2.45) is 5.92 Å². The molecule has 3 N–H and O–H groups in total. The Labute approximate surface area is 193 Å². The Bertz CT molecular complexity index is 992. The molecule has 1 amide bonds. The second-order valence-electron chi connectivity index (χ2n) is 7.02. The number of hydrogen-bond donors (Lipinski definition) is 3. The number of amides is 1. The summed E-state index contributed by atoms with van der Waals surface area (Å²) < 4.78 is 17.2. The van der Waals surface area contributed by atoms with Crippen LogP contribution in [0.5, 0.6) is 17.2 Å². The number of carboxylic acid groups (broad SMARTS) is 1. The van der Waals surface area contributed by atoms with E-state index in [0.29, 0.717) is 35.6 Å². The van der Waals surface area contributed by atoms with Gasteiger partial charge in [-0.1, -0.05) is 13.0 Å². The third kappa shape index (κ3) is 6.27. The standard InChI is InChI=1S/C22H22INO7/c1-13(4-2-3-5-20(26)27)21(16-10-14(23)6-8-17(16)25)31-22(28)24-15-7-9-18-19(11-15)30-12-29-18/h3,5-11,13,21,25H,2,4,12H2,1H3,(H,24,28)(H,26,27)/b5-3+/t13-,21-/m1/s1. The highest BCUT2D eigenvalue weighted by Gasteiger charge is 2.26. The topological polar surface area (TPSA) is 114 Å². The van der Waals surface area contributed by atoms with E-state index >= 15 is 0 Å². The Morgan fingerprint density at radius 1 is 1.23 bits per heavy atom. The Morgan fingerprint density at radius 3 is 2.77 bits per heavy atom. The van der Waals surface area contributed by atoms with Gasteiger partial charge in [-0.15, -0.1) is 0 Å². The SMILES string of the molecule is C[C@H](CC/C=C/C(=O)O)[C@@H](OC(=O)Nc1ccc2c(c1)OCO2)c1cc(I)ccc1O. The number of anilines is 1. The van der Waals surface area contributed by atoms with Crippen LogP contribution in [0.3, 0.4) is 0 Å². The minimum absolute atomic E-state index is 0.0224. The van der Waals surface area contributed by atoms with E-state index < -0.39 is 18.2 Å². The smallest absolute Gasteiger partial charge is 0.412 e. The number of carbonyl (C=O) groups excluding carboxylic acids is 1. The van der Waals surface area contributed by atoms with Crippen LogP contribution < -0.4 is 14.8 Å². The summed E-state index contributed by atoms with van der Waals surface area (Å²) in [6, 6.07) is 10.1. The summed E-state index contributed by atoms with van der Waals surface area (Å²) >= 11 is 2.12. The first kappa shape index (κ1) is 22.7. The van der Waals surface area contributed by atoms with Crippen molar-refractivity contribution in [2.45, 2.75) is 25.9 Å². The monoisotopic (exact) mass is 539 g/mol. The number of nitrogens with one attached hydrogen (secondary N) is 1. The van der Waals surface area contributed by atoms with Crippen LogP contribution in [0.25, 0.3) is 0 Å². The van der Waals surface area contributed by atoms with Gasteiger partial charge in [0.15, 0.2) is 11.5 Å². The number of fused-ring (bicyclic) bond motifs is 1. The van der Waals surface area contributed by atoms with Crippen LogP contribution in [0.4, 0.5) is 10.5 Å². The molecule has 2 atom stereocenters. The van der Waals surface area contributed by atoms with Crippen molar-refractivity contribution in [1.29, 1.82) is 0 Å². The molecule has 8 nitrogen and oxygen atoms in total. The van der Waals surface area contributed by atoms with Crippen LogP contribution in [0.1, 0.15) is 31.4 Å². The molecular formula is C22H22INO7. The summed E-state index contributed by atoms with van der Waals surface area (Å²) in [5.74, 6) is -0.0510. The predicted molar refractivity (Wildman–Crippen MR) is 121 cm³/mol. The minimum Gasteiger partial charge on any atom is -0.508 e. The van der Waals surface area contributed by atoms with E-state index in [1.165, 1.54) is 0 Å². The van der Waals surface area contributed by atoms with E-state index in [9.17, 15) is 14.7 Å². The predicted octanol–water partition coefficient (Wildman–Crippen LogP) is 5.07. The van der Waals surface area contributed by atoms with Crippen molar-refractivity contribution in [3.8, 4) is 17.2 Å². The molecule has 164 valence electrons. The number of benzene rings is 2. The average Bonchev–Trinajstić information content (AvgIpc) is 3.19. The number of carboxylic acids is 1. The molecular weight excluding hydrogens is 517 g/mol. The van der Waals surface area contributed by atoms with Gasteiger partial charge in [-0.05, 0) is 71.7 Å². The number of phenols is 1. The van der Waals surface area contributed by atoms with E-state index in [-0.39, 0.29) is 18.5 Å². The van der Waals surface area contributed by atoms with Crippen LogP contribution in [-0.2, 0) is 9.53 Å². The summed E-state index contributed by atoms with van der Waals surface area (Å²) in [5, 5.41) is 21.8. The summed E-state index contributed by atoms with van der Waals surface area (Å²) in [4.78, 5) is 23.3. The summed E-state index contributed by atoms with van der Waals surface area (Å²) in [7, 11) is 0. The van der Waals surface area contributed by atoms with Crippen LogP contribution in [0.2, 0.25) is 0 Å². The third-order valence-electron chi connectivity index (χ3n) is 4.72. The maximum Gasteiger partial charge on any atom is 0.412 e. The van der Waals surface area contributed by atoms with Gasteiger partial charge in [-0.2, -0.15) is 0 Å². The second-order valence-corrected chi connectivity index (χ2v) is 8.26. The highest BCUT2D eigenvalue weighted by atomic mass is 127. The van der Waals surface area contributed by atoms with E-state index in [2.05, 4.69) is 27.9 Å². The molecule has 0 fully saturated rings. The van der Waals surface area contributed by atoms with Crippen LogP contribution in [0, 0.1) is 9.49 Å². The number of carbonyl (C=O) groups is 2.